The Morgan fingerprint density at radius 3 is 2.44 bits per heavy atom. The molecule has 0 bridgehead atoms. The van der Waals surface area contributed by atoms with Crippen LogP contribution in [0.5, 0.6) is 5.75 Å². The van der Waals surface area contributed by atoms with Gasteiger partial charge >= 0.3 is 11.9 Å². The van der Waals surface area contributed by atoms with Crippen molar-refractivity contribution in [2.75, 3.05) is 6.61 Å². The van der Waals surface area contributed by atoms with E-state index in [0.717, 1.165) is 4.57 Å². The molecule has 0 saturated heterocycles. The van der Waals surface area contributed by atoms with Crippen LogP contribution in [0.3, 0.4) is 0 Å². The highest BCUT2D eigenvalue weighted by molar-refractivity contribution is 6.30. The van der Waals surface area contributed by atoms with Gasteiger partial charge in [-0.05, 0) is 45.0 Å². The van der Waals surface area contributed by atoms with Crippen LogP contribution in [-0.4, -0.2) is 33.0 Å². The van der Waals surface area contributed by atoms with Gasteiger partial charge in [0, 0.05) is 23.0 Å². The molecule has 0 fully saturated rings. The predicted molar refractivity (Wildman–Crippen MR) is 99.1 cm³/mol. The first kappa shape index (κ1) is 20.7. The Morgan fingerprint density at radius 1 is 1.30 bits per heavy atom. The number of rotatable bonds is 8. The number of Topliss-reactive ketones (excluding diaryl/α,β-unsaturated/α-hetero) is 1. The molecule has 7 nitrogen and oxygen atoms in total. The highest BCUT2D eigenvalue weighted by Crippen LogP contribution is 2.31. The van der Waals surface area contributed by atoms with Crippen LogP contribution in [0, 0.1) is 5.41 Å². The SMILES string of the molecule is C=C(C)C(=O)OCC(C)(C)C(=O)C(O)(Oc1ccc(Cl)cc1)n1ccnc1. The number of carbonyl (C=O) groups excluding carboxylic acids is 2. The first-order valence-electron chi connectivity index (χ1n) is 8.09. The summed E-state index contributed by atoms with van der Waals surface area (Å²) in [5, 5.41) is 11.6. The molecular weight excluding hydrogens is 372 g/mol. The summed E-state index contributed by atoms with van der Waals surface area (Å²) in [7, 11) is 0. The van der Waals surface area contributed by atoms with Crippen molar-refractivity contribution < 1.29 is 24.2 Å². The quantitative estimate of drug-likeness (QED) is 0.422. The van der Waals surface area contributed by atoms with Gasteiger partial charge in [0.2, 0.25) is 5.78 Å². The van der Waals surface area contributed by atoms with Gasteiger partial charge in [0.1, 0.15) is 18.7 Å². The first-order valence-corrected chi connectivity index (χ1v) is 8.47. The van der Waals surface area contributed by atoms with Crippen molar-refractivity contribution in [2.24, 2.45) is 5.41 Å². The first-order chi connectivity index (χ1) is 12.6. The second kappa shape index (κ2) is 7.94. The van der Waals surface area contributed by atoms with E-state index in [9.17, 15) is 14.7 Å². The maximum atomic E-state index is 13.2. The molecule has 1 heterocycles. The minimum absolute atomic E-state index is 0.209. The van der Waals surface area contributed by atoms with Crippen molar-refractivity contribution in [1.82, 2.24) is 9.55 Å². The summed E-state index contributed by atoms with van der Waals surface area (Å²) in [6.45, 7) is 7.81. The van der Waals surface area contributed by atoms with Crippen LogP contribution < -0.4 is 4.74 Å². The summed E-state index contributed by atoms with van der Waals surface area (Å²) in [5.74, 6) is -3.53. The Labute approximate surface area is 162 Å². The van der Waals surface area contributed by atoms with Crippen LogP contribution in [0.1, 0.15) is 20.8 Å². The lowest BCUT2D eigenvalue weighted by atomic mass is 9.86. The minimum Gasteiger partial charge on any atom is -0.461 e. The average Bonchev–Trinajstić information content (AvgIpc) is 3.16. The highest BCUT2D eigenvalue weighted by atomic mass is 35.5. The lowest BCUT2D eigenvalue weighted by Crippen LogP contribution is -2.53. The molecule has 0 radical (unpaired) electrons. The van der Waals surface area contributed by atoms with Crippen LogP contribution >= 0.6 is 11.6 Å². The molecule has 2 aromatic rings. The third kappa shape index (κ3) is 4.75. The number of carbonyl (C=O) groups is 2. The van der Waals surface area contributed by atoms with Gasteiger partial charge in [-0.2, -0.15) is 0 Å². The molecule has 1 aromatic heterocycles. The normalized spacial score (nSPS) is 13.5. The Kier molecular flexibility index (Phi) is 6.08. The second-order valence-corrected chi connectivity index (χ2v) is 7.14. The van der Waals surface area contributed by atoms with Crippen LogP contribution in [0.2, 0.25) is 5.02 Å². The Bertz CT molecular complexity index is 830. The zero-order valence-electron chi connectivity index (χ0n) is 15.3. The van der Waals surface area contributed by atoms with Gasteiger partial charge in [0.05, 0.1) is 5.41 Å². The Hall–Kier alpha value is -2.64. The maximum Gasteiger partial charge on any atom is 0.361 e. The van der Waals surface area contributed by atoms with Crippen molar-refractivity contribution in [1.29, 1.82) is 0 Å². The number of ketones is 1. The van der Waals surface area contributed by atoms with E-state index in [2.05, 4.69) is 11.6 Å². The van der Waals surface area contributed by atoms with Crippen LogP contribution in [0.25, 0.3) is 0 Å². The van der Waals surface area contributed by atoms with Gasteiger partial charge in [-0.3, -0.25) is 9.36 Å². The molecule has 0 aliphatic rings. The van der Waals surface area contributed by atoms with Crippen LogP contribution in [0.15, 0.2) is 55.1 Å². The molecule has 0 aliphatic carbocycles. The van der Waals surface area contributed by atoms with Gasteiger partial charge < -0.3 is 14.6 Å². The molecule has 8 heteroatoms. The summed E-state index contributed by atoms with van der Waals surface area (Å²) < 4.78 is 11.8. The van der Waals surface area contributed by atoms with E-state index in [1.807, 2.05) is 0 Å². The van der Waals surface area contributed by atoms with E-state index in [0.29, 0.717) is 5.02 Å². The molecular formula is C19H21ClN2O5. The number of hydrogen-bond acceptors (Lipinski definition) is 6. The number of hydrogen-bond donors (Lipinski definition) is 1. The van der Waals surface area contributed by atoms with Crippen molar-refractivity contribution in [3.63, 3.8) is 0 Å². The molecule has 144 valence electrons. The topological polar surface area (TPSA) is 90.7 Å². The number of halogens is 1. The summed E-state index contributed by atoms with van der Waals surface area (Å²) >= 11 is 5.86. The zero-order valence-corrected chi connectivity index (χ0v) is 16.1. The van der Waals surface area contributed by atoms with E-state index in [1.165, 1.54) is 51.6 Å². The molecule has 0 amide bonds. The minimum atomic E-state index is -2.40. The Balaban J connectivity index is 2.32. The molecule has 1 aromatic carbocycles. The van der Waals surface area contributed by atoms with Crippen molar-refractivity contribution in [3.05, 3.63) is 60.2 Å². The molecule has 0 aliphatic heterocycles. The standard InChI is InChI=1S/C19H21ClN2O5/c1-13(2)16(23)26-11-18(3,4)17(24)19(25,22-10-9-21-12-22)27-15-7-5-14(20)6-8-15/h5-10,12,25H,1,11H2,2-4H3. The number of aliphatic hydroxyl groups is 1. The molecule has 1 N–H and O–H groups in total. The number of benzene rings is 1. The van der Waals surface area contributed by atoms with Gasteiger partial charge in [-0.1, -0.05) is 18.2 Å². The summed E-state index contributed by atoms with van der Waals surface area (Å²) in [5.41, 5.74) is -1.06. The number of nitrogens with zero attached hydrogens (tertiary/aromatic N) is 2. The second-order valence-electron chi connectivity index (χ2n) is 6.70. The molecule has 0 spiro atoms. The van der Waals surface area contributed by atoms with E-state index in [-0.39, 0.29) is 17.9 Å². The maximum absolute atomic E-state index is 13.2. The van der Waals surface area contributed by atoms with E-state index in [1.54, 1.807) is 12.1 Å². The fourth-order valence-corrected chi connectivity index (χ4v) is 2.32. The highest BCUT2D eigenvalue weighted by Gasteiger charge is 2.49. The molecule has 1 unspecified atom stereocenters. The number of imidazole rings is 1. The van der Waals surface area contributed by atoms with Gasteiger partial charge in [-0.25, -0.2) is 9.78 Å². The fraction of sp³-hybridized carbons (Fsp3) is 0.316. The van der Waals surface area contributed by atoms with Gasteiger partial charge in [-0.15, -0.1) is 0 Å². The lowest BCUT2D eigenvalue weighted by molar-refractivity contribution is -0.217. The monoisotopic (exact) mass is 392 g/mol. The van der Waals surface area contributed by atoms with E-state index >= 15 is 0 Å². The predicted octanol–water partition coefficient (Wildman–Crippen LogP) is 2.93. The molecule has 0 saturated carbocycles. The zero-order chi connectivity index (χ0) is 20.2. The van der Waals surface area contributed by atoms with Crippen molar-refractivity contribution >= 4 is 23.4 Å². The Morgan fingerprint density at radius 2 is 1.93 bits per heavy atom. The molecule has 1 atom stereocenters. The fourth-order valence-electron chi connectivity index (χ4n) is 2.20. The third-order valence-electron chi connectivity index (χ3n) is 3.75. The summed E-state index contributed by atoms with van der Waals surface area (Å²) in [6, 6.07) is 6.17. The molecule has 27 heavy (non-hydrogen) atoms. The van der Waals surface area contributed by atoms with Gasteiger partial charge in [0.15, 0.2) is 0 Å². The van der Waals surface area contributed by atoms with Crippen LogP contribution in [-0.2, 0) is 20.2 Å². The summed E-state index contributed by atoms with van der Waals surface area (Å²) in [4.78, 5) is 28.7. The number of esters is 1. The average molecular weight is 393 g/mol. The summed E-state index contributed by atoms with van der Waals surface area (Å²) in [6.07, 6.45) is 4.05. The van der Waals surface area contributed by atoms with Crippen molar-refractivity contribution in [2.45, 2.75) is 26.7 Å². The smallest absolute Gasteiger partial charge is 0.361 e. The van der Waals surface area contributed by atoms with Crippen LogP contribution in [0.4, 0.5) is 0 Å². The largest absolute Gasteiger partial charge is 0.461 e. The van der Waals surface area contributed by atoms with E-state index < -0.39 is 23.1 Å². The van der Waals surface area contributed by atoms with Crippen molar-refractivity contribution in [3.8, 4) is 5.75 Å². The molecule has 2 rings (SSSR count). The van der Waals surface area contributed by atoms with E-state index in [4.69, 9.17) is 21.1 Å². The lowest BCUT2D eigenvalue weighted by Gasteiger charge is -2.34. The number of aromatic nitrogens is 2. The third-order valence-corrected chi connectivity index (χ3v) is 4.00. The van der Waals surface area contributed by atoms with Gasteiger partial charge in [0.25, 0.3) is 0 Å². The number of ether oxygens (including phenoxy) is 2.